The molecule has 0 fully saturated rings. The van der Waals surface area contributed by atoms with Gasteiger partial charge in [-0.2, -0.15) is 5.10 Å². The lowest BCUT2D eigenvalue weighted by Gasteiger charge is -2.26. The van der Waals surface area contributed by atoms with Gasteiger partial charge in [0.25, 0.3) is 0 Å². The van der Waals surface area contributed by atoms with Gasteiger partial charge in [0.1, 0.15) is 5.60 Å². The zero-order chi connectivity index (χ0) is 15.9. The highest BCUT2D eigenvalue weighted by atomic mass is 16.6. The first-order valence-electron chi connectivity index (χ1n) is 7.54. The average molecular weight is 296 g/mol. The van der Waals surface area contributed by atoms with Crippen LogP contribution >= 0.6 is 0 Å². The van der Waals surface area contributed by atoms with Gasteiger partial charge in [-0.1, -0.05) is 0 Å². The third-order valence-electron chi connectivity index (χ3n) is 3.08. The maximum Gasteiger partial charge on any atom is 0.410 e. The summed E-state index contributed by atoms with van der Waals surface area (Å²) >= 11 is 0. The van der Waals surface area contributed by atoms with Gasteiger partial charge in [0.2, 0.25) is 0 Å². The van der Waals surface area contributed by atoms with E-state index in [9.17, 15) is 4.79 Å². The van der Waals surface area contributed by atoms with Crippen LogP contribution in [0.2, 0.25) is 0 Å². The summed E-state index contributed by atoms with van der Waals surface area (Å²) < 4.78 is 5.38. The molecule has 0 radical (unpaired) electrons. The first kappa shape index (κ1) is 17.5. The number of ether oxygens (including phenoxy) is 1. The summed E-state index contributed by atoms with van der Waals surface area (Å²) in [4.78, 5) is 13.7. The number of carbonyl (C=O) groups excluding carboxylic acids is 1. The number of H-pyrrole nitrogens is 1. The number of aromatic amines is 1. The number of hydrogen-bond acceptors (Lipinski definition) is 4. The predicted molar refractivity (Wildman–Crippen MR) is 83.1 cm³/mol. The van der Waals surface area contributed by atoms with Gasteiger partial charge in [0.15, 0.2) is 0 Å². The van der Waals surface area contributed by atoms with Gasteiger partial charge in [0.05, 0.1) is 5.69 Å². The number of carbonyl (C=O) groups is 1. The van der Waals surface area contributed by atoms with E-state index in [0.717, 1.165) is 18.7 Å². The first-order chi connectivity index (χ1) is 9.83. The first-order valence-corrected chi connectivity index (χ1v) is 7.54. The second-order valence-electron chi connectivity index (χ2n) is 6.10. The fourth-order valence-electron chi connectivity index (χ4n) is 1.91. The Bertz CT molecular complexity index is 412. The van der Waals surface area contributed by atoms with E-state index in [1.54, 1.807) is 11.1 Å². The second-order valence-corrected chi connectivity index (χ2v) is 6.10. The number of nitrogens with zero attached hydrogens (tertiary/aromatic N) is 2. The van der Waals surface area contributed by atoms with Crippen molar-refractivity contribution in [3.05, 3.63) is 18.0 Å². The highest BCUT2D eigenvalue weighted by Crippen LogP contribution is 2.10. The monoisotopic (exact) mass is 296 g/mol. The van der Waals surface area contributed by atoms with Gasteiger partial charge < -0.3 is 15.0 Å². The van der Waals surface area contributed by atoms with Crippen molar-refractivity contribution < 1.29 is 9.53 Å². The Morgan fingerprint density at radius 3 is 2.76 bits per heavy atom. The zero-order valence-corrected chi connectivity index (χ0v) is 13.8. The maximum absolute atomic E-state index is 12.0. The Kier molecular flexibility index (Phi) is 6.68. The molecular weight excluding hydrogens is 268 g/mol. The maximum atomic E-state index is 12.0. The summed E-state index contributed by atoms with van der Waals surface area (Å²) in [5.41, 5.74) is 0.618. The van der Waals surface area contributed by atoms with Crippen molar-refractivity contribution in [3.8, 4) is 0 Å². The minimum Gasteiger partial charge on any atom is -0.444 e. The lowest BCUT2D eigenvalue weighted by atomic mass is 10.2. The van der Waals surface area contributed by atoms with Crippen LogP contribution in [0.15, 0.2) is 12.3 Å². The molecule has 0 bridgehead atoms. The molecule has 0 saturated carbocycles. The summed E-state index contributed by atoms with van der Waals surface area (Å²) in [6.07, 6.45) is 2.38. The fourth-order valence-corrected chi connectivity index (χ4v) is 1.91. The highest BCUT2D eigenvalue weighted by Gasteiger charge is 2.20. The normalized spacial score (nSPS) is 13.0. The van der Waals surface area contributed by atoms with E-state index < -0.39 is 5.60 Å². The molecule has 2 N–H and O–H groups in total. The van der Waals surface area contributed by atoms with E-state index >= 15 is 0 Å². The van der Waals surface area contributed by atoms with Gasteiger partial charge in [0, 0.05) is 25.3 Å². The molecule has 1 atom stereocenters. The minimum absolute atomic E-state index is 0.226. The van der Waals surface area contributed by atoms with Crippen molar-refractivity contribution in [2.24, 2.45) is 0 Å². The SMILES string of the molecule is CCN(CCCNC(C)c1ccn[nH]1)C(=O)OC(C)(C)C. The van der Waals surface area contributed by atoms with E-state index in [0.29, 0.717) is 13.1 Å². The molecule has 1 aromatic heterocycles. The summed E-state index contributed by atoms with van der Waals surface area (Å²) in [6.45, 7) is 11.9. The Balaban J connectivity index is 2.27. The molecule has 120 valence electrons. The van der Waals surface area contributed by atoms with E-state index in [2.05, 4.69) is 22.4 Å². The number of rotatable bonds is 7. The molecule has 0 spiro atoms. The second kappa shape index (κ2) is 8.02. The van der Waals surface area contributed by atoms with Crippen LogP contribution in [0.3, 0.4) is 0 Å². The minimum atomic E-state index is -0.447. The predicted octanol–water partition coefficient (Wildman–Crippen LogP) is 2.71. The van der Waals surface area contributed by atoms with Crippen molar-refractivity contribution in [2.45, 2.75) is 52.7 Å². The van der Waals surface area contributed by atoms with Crippen LogP contribution in [0.5, 0.6) is 0 Å². The standard InChI is InChI=1S/C15H28N4O2/c1-6-19(14(20)21-15(3,4)5)11-7-9-16-12(2)13-8-10-17-18-13/h8,10,12,16H,6-7,9,11H2,1-5H3,(H,17,18). The molecule has 6 heteroatoms. The Morgan fingerprint density at radius 1 is 1.52 bits per heavy atom. The van der Waals surface area contributed by atoms with E-state index in [-0.39, 0.29) is 12.1 Å². The fraction of sp³-hybridized carbons (Fsp3) is 0.733. The third-order valence-corrected chi connectivity index (χ3v) is 3.08. The molecule has 1 unspecified atom stereocenters. The van der Waals surface area contributed by atoms with Crippen molar-refractivity contribution in [1.82, 2.24) is 20.4 Å². The van der Waals surface area contributed by atoms with Crippen molar-refractivity contribution in [1.29, 1.82) is 0 Å². The zero-order valence-electron chi connectivity index (χ0n) is 13.8. The van der Waals surface area contributed by atoms with Crippen LogP contribution in [-0.4, -0.2) is 46.4 Å². The van der Waals surface area contributed by atoms with E-state index in [1.165, 1.54) is 0 Å². The molecular formula is C15H28N4O2. The van der Waals surface area contributed by atoms with Gasteiger partial charge in [-0.25, -0.2) is 4.79 Å². The number of hydrogen-bond donors (Lipinski definition) is 2. The van der Waals surface area contributed by atoms with Crippen LogP contribution < -0.4 is 5.32 Å². The Hall–Kier alpha value is -1.56. The van der Waals surface area contributed by atoms with Gasteiger partial charge in [-0.15, -0.1) is 0 Å². The van der Waals surface area contributed by atoms with Crippen molar-refractivity contribution in [3.63, 3.8) is 0 Å². The van der Waals surface area contributed by atoms with Gasteiger partial charge >= 0.3 is 6.09 Å². The lowest BCUT2D eigenvalue weighted by Crippen LogP contribution is -2.38. The number of nitrogens with one attached hydrogen (secondary N) is 2. The van der Waals surface area contributed by atoms with Crippen molar-refractivity contribution in [2.75, 3.05) is 19.6 Å². The van der Waals surface area contributed by atoms with Crippen molar-refractivity contribution >= 4 is 6.09 Å². The molecule has 1 heterocycles. The summed E-state index contributed by atoms with van der Waals surface area (Å²) in [6, 6.07) is 2.18. The number of aromatic nitrogens is 2. The molecule has 0 aliphatic heterocycles. The quantitative estimate of drug-likeness (QED) is 0.759. The number of amides is 1. The largest absolute Gasteiger partial charge is 0.444 e. The Labute approximate surface area is 127 Å². The van der Waals surface area contributed by atoms with E-state index in [4.69, 9.17) is 4.74 Å². The average Bonchev–Trinajstić information content (AvgIpc) is 2.90. The molecule has 21 heavy (non-hydrogen) atoms. The molecule has 6 nitrogen and oxygen atoms in total. The topological polar surface area (TPSA) is 70.2 Å². The molecule has 0 aliphatic carbocycles. The third kappa shape index (κ3) is 6.62. The van der Waals surface area contributed by atoms with Gasteiger partial charge in [-0.05, 0) is 53.7 Å². The van der Waals surface area contributed by atoms with Crippen LogP contribution in [0, 0.1) is 0 Å². The summed E-state index contributed by atoms with van der Waals surface area (Å²) in [5, 5.41) is 10.3. The molecule has 0 aromatic carbocycles. The van der Waals surface area contributed by atoms with Crippen LogP contribution in [0.25, 0.3) is 0 Å². The molecule has 0 aliphatic rings. The lowest BCUT2D eigenvalue weighted by molar-refractivity contribution is 0.0258. The summed E-state index contributed by atoms with van der Waals surface area (Å²) in [7, 11) is 0. The molecule has 1 rings (SSSR count). The van der Waals surface area contributed by atoms with E-state index in [1.807, 2.05) is 33.8 Å². The highest BCUT2D eigenvalue weighted by molar-refractivity contribution is 5.68. The Morgan fingerprint density at radius 2 is 2.24 bits per heavy atom. The van der Waals surface area contributed by atoms with Crippen LogP contribution in [0.4, 0.5) is 4.79 Å². The van der Waals surface area contributed by atoms with Crippen LogP contribution in [-0.2, 0) is 4.74 Å². The summed E-state index contributed by atoms with van der Waals surface area (Å²) in [5.74, 6) is 0. The smallest absolute Gasteiger partial charge is 0.410 e. The molecule has 1 amide bonds. The van der Waals surface area contributed by atoms with Crippen LogP contribution in [0.1, 0.15) is 52.8 Å². The van der Waals surface area contributed by atoms with Gasteiger partial charge in [-0.3, -0.25) is 5.10 Å². The molecule has 1 aromatic rings. The molecule has 0 saturated heterocycles.